The molecule has 0 saturated heterocycles. The van der Waals surface area contributed by atoms with Crippen LogP contribution < -0.4 is 5.73 Å². The van der Waals surface area contributed by atoms with E-state index in [1.807, 2.05) is 30.3 Å². The maximum Gasteiger partial charge on any atom is 0.140 e. The standard InChI is InChI=1S/C15H21NO/c16-11-13-8-4-5-9-14(13)15(17)10-12-6-2-1-3-7-12/h1-3,6-7,13-14H,4-5,8-11,16H2. The monoisotopic (exact) mass is 231 g/mol. The zero-order valence-electron chi connectivity index (χ0n) is 10.3. The lowest BCUT2D eigenvalue weighted by molar-refractivity contribution is -0.124. The number of carbonyl (C=O) groups excluding carboxylic acids is 1. The Morgan fingerprint density at radius 3 is 2.59 bits per heavy atom. The van der Waals surface area contributed by atoms with Gasteiger partial charge in [-0.15, -0.1) is 0 Å². The second-order valence-electron chi connectivity index (χ2n) is 5.02. The van der Waals surface area contributed by atoms with Crippen molar-refractivity contribution in [1.82, 2.24) is 0 Å². The van der Waals surface area contributed by atoms with Crippen molar-refractivity contribution in [2.24, 2.45) is 17.6 Å². The molecule has 92 valence electrons. The molecule has 1 aromatic carbocycles. The summed E-state index contributed by atoms with van der Waals surface area (Å²) in [6.07, 6.45) is 5.15. The van der Waals surface area contributed by atoms with Gasteiger partial charge in [-0.25, -0.2) is 0 Å². The summed E-state index contributed by atoms with van der Waals surface area (Å²) in [7, 11) is 0. The first-order valence-corrected chi connectivity index (χ1v) is 6.58. The van der Waals surface area contributed by atoms with Crippen molar-refractivity contribution in [3.05, 3.63) is 35.9 Å². The third-order valence-corrected chi connectivity index (χ3v) is 3.85. The minimum atomic E-state index is 0.203. The Morgan fingerprint density at radius 2 is 1.88 bits per heavy atom. The van der Waals surface area contributed by atoms with Crippen molar-refractivity contribution < 1.29 is 4.79 Å². The fourth-order valence-electron chi connectivity index (χ4n) is 2.84. The van der Waals surface area contributed by atoms with Gasteiger partial charge in [0.15, 0.2) is 0 Å². The average molecular weight is 231 g/mol. The molecular weight excluding hydrogens is 210 g/mol. The summed E-state index contributed by atoms with van der Waals surface area (Å²) in [4.78, 5) is 12.3. The zero-order chi connectivity index (χ0) is 12.1. The number of hydrogen-bond donors (Lipinski definition) is 1. The third-order valence-electron chi connectivity index (χ3n) is 3.85. The molecule has 1 saturated carbocycles. The molecule has 0 spiro atoms. The van der Waals surface area contributed by atoms with Gasteiger partial charge < -0.3 is 5.73 Å². The summed E-state index contributed by atoms with van der Waals surface area (Å²) in [6, 6.07) is 10.0. The number of ketones is 1. The molecule has 2 nitrogen and oxygen atoms in total. The van der Waals surface area contributed by atoms with Crippen molar-refractivity contribution in [3.8, 4) is 0 Å². The third kappa shape index (κ3) is 3.16. The van der Waals surface area contributed by atoms with Gasteiger partial charge in [0.05, 0.1) is 0 Å². The van der Waals surface area contributed by atoms with E-state index in [9.17, 15) is 4.79 Å². The van der Waals surface area contributed by atoms with Gasteiger partial charge in [-0.2, -0.15) is 0 Å². The lowest BCUT2D eigenvalue weighted by atomic mass is 9.76. The van der Waals surface area contributed by atoms with E-state index in [0.29, 0.717) is 24.7 Å². The fourth-order valence-corrected chi connectivity index (χ4v) is 2.84. The molecule has 0 heterocycles. The molecule has 2 rings (SSSR count). The largest absolute Gasteiger partial charge is 0.330 e. The lowest BCUT2D eigenvalue weighted by Gasteiger charge is -2.29. The Bertz CT molecular complexity index is 360. The predicted molar refractivity (Wildman–Crippen MR) is 69.7 cm³/mol. The normalized spacial score (nSPS) is 24.5. The van der Waals surface area contributed by atoms with E-state index in [-0.39, 0.29) is 5.92 Å². The number of benzene rings is 1. The van der Waals surface area contributed by atoms with Crippen LogP contribution in [0.5, 0.6) is 0 Å². The minimum absolute atomic E-state index is 0.203. The quantitative estimate of drug-likeness (QED) is 0.865. The summed E-state index contributed by atoms with van der Waals surface area (Å²) >= 11 is 0. The Labute approximate surface area is 103 Å². The first-order valence-electron chi connectivity index (χ1n) is 6.58. The number of rotatable bonds is 4. The van der Waals surface area contributed by atoms with Gasteiger partial charge in [0.2, 0.25) is 0 Å². The van der Waals surface area contributed by atoms with Gasteiger partial charge in [-0.1, -0.05) is 43.2 Å². The molecule has 1 aliphatic rings. The van der Waals surface area contributed by atoms with E-state index in [2.05, 4.69) is 0 Å². The highest BCUT2D eigenvalue weighted by molar-refractivity contribution is 5.83. The van der Waals surface area contributed by atoms with Crippen molar-refractivity contribution in [3.63, 3.8) is 0 Å². The van der Waals surface area contributed by atoms with Crippen LogP contribution in [0.4, 0.5) is 0 Å². The maximum absolute atomic E-state index is 12.3. The van der Waals surface area contributed by atoms with E-state index in [1.54, 1.807) is 0 Å². The van der Waals surface area contributed by atoms with Crippen LogP contribution in [0, 0.1) is 11.8 Å². The maximum atomic E-state index is 12.3. The molecule has 0 radical (unpaired) electrons. The highest BCUT2D eigenvalue weighted by Crippen LogP contribution is 2.30. The number of carbonyl (C=O) groups is 1. The Morgan fingerprint density at radius 1 is 1.18 bits per heavy atom. The molecule has 0 aromatic heterocycles. The van der Waals surface area contributed by atoms with Crippen LogP contribution in [0.3, 0.4) is 0 Å². The summed E-state index contributed by atoms with van der Waals surface area (Å²) in [5.74, 6) is 1.00. The van der Waals surface area contributed by atoms with Crippen LogP contribution in [-0.2, 0) is 11.2 Å². The Kier molecular flexibility index (Phi) is 4.32. The first kappa shape index (κ1) is 12.3. The van der Waals surface area contributed by atoms with Gasteiger partial charge >= 0.3 is 0 Å². The molecule has 0 aliphatic heterocycles. The Hall–Kier alpha value is -1.15. The van der Waals surface area contributed by atoms with E-state index in [0.717, 1.165) is 18.4 Å². The summed E-state index contributed by atoms with van der Waals surface area (Å²) in [6.45, 7) is 0.658. The fraction of sp³-hybridized carbons (Fsp3) is 0.533. The molecule has 1 fully saturated rings. The first-order chi connectivity index (χ1) is 8.31. The van der Waals surface area contributed by atoms with Gasteiger partial charge in [0.25, 0.3) is 0 Å². The molecule has 2 unspecified atom stereocenters. The number of Topliss-reactive ketones (excluding diaryl/α,β-unsaturated/α-hetero) is 1. The molecule has 2 atom stereocenters. The topological polar surface area (TPSA) is 43.1 Å². The molecule has 2 heteroatoms. The molecule has 0 bridgehead atoms. The van der Waals surface area contributed by atoms with Crippen molar-refractivity contribution >= 4 is 5.78 Å². The second-order valence-corrected chi connectivity index (χ2v) is 5.02. The summed E-state index contributed by atoms with van der Waals surface area (Å²) in [5.41, 5.74) is 6.90. The van der Waals surface area contributed by atoms with E-state index in [1.165, 1.54) is 12.8 Å². The van der Waals surface area contributed by atoms with Crippen molar-refractivity contribution in [2.75, 3.05) is 6.54 Å². The average Bonchev–Trinajstić information content (AvgIpc) is 2.40. The SMILES string of the molecule is NCC1CCCCC1C(=O)Cc1ccccc1. The summed E-state index contributed by atoms with van der Waals surface area (Å²) < 4.78 is 0. The van der Waals surface area contributed by atoms with Crippen LogP contribution in [-0.4, -0.2) is 12.3 Å². The van der Waals surface area contributed by atoms with Crippen LogP contribution in [0.1, 0.15) is 31.2 Å². The number of hydrogen-bond acceptors (Lipinski definition) is 2. The smallest absolute Gasteiger partial charge is 0.140 e. The molecule has 1 aliphatic carbocycles. The molecule has 0 amide bonds. The predicted octanol–water partition coefficient (Wildman–Crippen LogP) is 2.56. The highest BCUT2D eigenvalue weighted by Gasteiger charge is 2.29. The van der Waals surface area contributed by atoms with Gasteiger partial charge in [0, 0.05) is 12.3 Å². The van der Waals surface area contributed by atoms with E-state index >= 15 is 0 Å². The van der Waals surface area contributed by atoms with Gasteiger partial charge in [-0.3, -0.25) is 4.79 Å². The summed E-state index contributed by atoms with van der Waals surface area (Å²) in [5, 5.41) is 0. The Balaban J connectivity index is 1.99. The van der Waals surface area contributed by atoms with Crippen molar-refractivity contribution in [2.45, 2.75) is 32.1 Å². The van der Waals surface area contributed by atoms with E-state index in [4.69, 9.17) is 5.73 Å². The van der Waals surface area contributed by atoms with Crippen LogP contribution in [0.2, 0.25) is 0 Å². The van der Waals surface area contributed by atoms with E-state index < -0.39 is 0 Å². The van der Waals surface area contributed by atoms with Crippen LogP contribution >= 0.6 is 0 Å². The molecular formula is C15H21NO. The molecule has 1 aromatic rings. The van der Waals surface area contributed by atoms with Crippen molar-refractivity contribution in [1.29, 1.82) is 0 Å². The molecule has 17 heavy (non-hydrogen) atoms. The lowest BCUT2D eigenvalue weighted by Crippen LogP contribution is -2.33. The van der Waals surface area contributed by atoms with Gasteiger partial charge in [0.1, 0.15) is 5.78 Å². The molecule has 2 N–H and O–H groups in total. The zero-order valence-corrected chi connectivity index (χ0v) is 10.3. The second kappa shape index (κ2) is 5.97. The minimum Gasteiger partial charge on any atom is -0.330 e. The van der Waals surface area contributed by atoms with Gasteiger partial charge in [-0.05, 0) is 30.9 Å². The van der Waals surface area contributed by atoms with Crippen LogP contribution in [0.25, 0.3) is 0 Å². The van der Waals surface area contributed by atoms with Crippen LogP contribution in [0.15, 0.2) is 30.3 Å². The number of nitrogens with two attached hydrogens (primary N) is 1. The highest BCUT2D eigenvalue weighted by atomic mass is 16.1.